The molecular weight excluding hydrogens is 332 g/mol. The van der Waals surface area contributed by atoms with Crippen LogP contribution in [0.3, 0.4) is 0 Å². The van der Waals surface area contributed by atoms with Crippen LogP contribution in [0.4, 0.5) is 0 Å². The van der Waals surface area contributed by atoms with Crippen LogP contribution >= 0.6 is 11.3 Å². The summed E-state index contributed by atoms with van der Waals surface area (Å²) in [5, 5.41) is 2.15. The molecule has 0 atom stereocenters. The Morgan fingerprint density at radius 3 is 2.88 bits per heavy atom. The number of piperidine rings is 1. The first-order valence-corrected chi connectivity index (χ1v) is 10.2. The number of aromatic nitrogens is 2. The van der Waals surface area contributed by atoms with E-state index in [1.807, 2.05) is 17.7 Å². The maximum Gasteiger partial charge on any atom is 0.226 e. The summed E-state index contributed by atoms with van der Waals surface area (Å²) < 4.78 is 0. The normalized spacial score (nSPS) is 23.0. The van der Waals surface area contributed by atoms with Crippen LogP contribution in [0.25, 0.3) is 0 Å². The van der Waals surface area contributed by atoms with E-state index in [2.05, 4.69) is 37.3 Å². The number of fused-ring (bicyclic) bond motifs is 2. The van der Waals surface area contributed by atoms with Gasteiger partial charge in [-0.2, -0.15) is 0 Å². The molecule has 5 nitrogen and oxygen atoms in total. The number of carbonyl (C=O) groups is 1. The summed E-state index contributed by atoms with van der Waals surface area (Å²) in [6.07, 6.45) is 6.86. The Morgan fingerprint density at radius 1 is 1.32 bits per heavy atom. The molecule has 132 valence electrons. The predicted molar refractivity (Wildman–Crippen MR) is 97.2 cm³/mol. The van der Waals surface area contributed by atoms with E-state index in [9.17, 15) is 4.79 Å². The highest BCUT2D eigenvalue weighted by Crippen LogP contribution is 2.45. The molecule has 1 amide bonds. The fourth-order valence-corrected chi connectivity index (χ4v) is 5.31. The van der Waals surface area contributed by atoms with Crippen molar-refractivity contribution in [3.63, 3.8) is 0 Å². The van der Waals surface area contributed by atoms with Crippen LogP contribution in [0, 0.1) is 5.92 Å². The molecule has 2 aliphatic heterocycles. The van der Waals surface area contributed by atoms with E-state index in [1.54, 1.807) is 0 Å². The van der Waals surface area contributed by atoms with E-state index in [4.69, 9.17) is 0 Å². The van der Waals surface area contributed by atoms with Crippen LogP contribution in [0.1, 0.15) is 41.9 Å². The molecule has 4 heterocycles. The number of nitrogens with one attached hydrogen (secondary N) is 1. The molecule has 2 aromatic heterocycles. The van der Waals surface area contributed by atoms with Crippen molar-refractivity contribution in [3.05, 3.63) is 40.1 Å². The zero-order chi connectivity index (χ0) is 16.9. The average Bonchev–Trinajstić information content (AvgIpc) is 3.14. The highest BCUT2D eigenvalue weighted by Gasteiger charge is 2.50. The number of hydrogen-bond acceptors (Lipinski definition) is 4. The third-order valence-electron chi connectivity index (χ3n) is 6.10. The minimum Gasteiger partial charge on any atom is -0.348 e. The van der Waals surface area contributed by atoms with Crippen molar-refractivity contribution >= 4 is 17.2 Å². The summed E-state index contributed by atoms with van der Waals surface area (Å²) >= 11 is 1.83. The van der Waals surface area contributed by atoms with Gasteiger partial charge in [0.25, 0.3) is 0 Å². The van der Waals surface area contributed by atoms with Crippen molar-refractivity contribution < 1.29 is 4.79 Å². The summed E-state index contributed by atoms with van der Waals surface area (Å²) in [6.45, 7) is 3.92. The second-order valence-electron chi connectivity index (χ2n) is 7.63. The van der Waals surface area contributed by atoms with Gasteiger partial charge in [0.1, 0.15) is 0 Å². The summed E-state index contributed by atoms with van der Waals surface area (Å²) in [5.74, 6) is 0.655. The van der Waals surface area contributed by atoms with Crippen LogP contribution in [0.5, 0.6) is 0 Å². The Bertz CT molecular complexity index is 756. The van der Waals surface area contributed by atoms with Crippen LogP contribution in [0.15, 0.2) is 23.8 Å². The number of thiophene rings is 1. The second kappa shape index (κ2) is 5.95. The lowest BCUT2D eigenvalue weighted by atomic mass is 9.78. The van der Waals surface area contributed by atoms with E-state index in [-0.39, 0.29) is 11.5 Å². The summed E-state index contributed by atoms with van der Waals surface area (Å²) in [7, 11) is 0. The largest absolute Gasteiger partial charge is 0.348 e. The van der Waals surface area contributed by atoms with Crippen molar-refractivity contribution in [1.82, 2.24) is 19.8 Å². The molecule has 6 heteroatoms. The average molecular weight is 356 g/mol. The topological polar surface area (TPSA) is 52.2 Å². The maximum absolute atomic E-state index is 13.0. The van der Waals surface area contributed by atoms with Crippen molar-refractivity contribution in [2.75, 3.05) is 19.6 Å². The molecule has 1 N–H and O–H groups in total. The molecule has 5 rings (SSSR count). The molecule has 2 aromatic rings. The minimum absolute atomic E-state index is 0.181. The van der Waals surface area contributed by atoms with Gasteiger partial charge in [-0.15, -0.1) is 11.3 Å². The van der Waals surface area contributed by atoms with Gasteiger partial charge in [0.15, 0.2) is 0 Å². The lowest BCUT2D eigenvalue weighted by Crippen LogP contribution is -2.58. The van der Waals surface area contributed by atoms with E-state index in [0.29, 0.717) is 5.91 Å². The van der Waals surface area contributed by atoms with Crippen LogP contribution < -0.4 is 0 Å². The highest BCUT2D eigenvalue weighted by atomic mass is 32.1. The van der Waals surface area contributed by atoms with E-state index < -0.39 is 0 Å². The number of amides is 1. The second-order valence-corrected chi connectivity index (χ2v) is 8.66. The minimum atomic E-state index is -0.181. The SMILES string of the molecule is O=C(C1CC1)N1CCc2[nH]cnc2C12CCN(Cc1cccs1)CC2. The lowest BCUT2D eigenvalue weighted by molar-refractivity contribution is -0.143. The fourth-order valence-electron chi connectivity index (χ4n) is 4.56. The van der Waals surface area contributed by atoms with Gasteiger partial charge in [0.05, 0.1) is 17.6 Å². The molecule has 0 bridgehead atoms. The van der Waals surface area contributed by atoms with E-state index >= 15 is 0 Å². The monoisotopic (exact) mass is 356 g/mol. The van der Waals surface area contributed by atoms with E-state index in [1.165, 1.54) is 10.6 Å². The number of nitrogens with zero attached hydrogens (tertiary/aromatic N) is 3. The number of likely N-dealkylation sites (tertiary alicyclic amines) is 1. The van der Waals surface area contributed by atoms with Crippen molar-refractivity contribution in [1.29, 1.82) is 0 Å². The standard InChI is InChI=1S/C19H24N4OS/c24-18(14-3-4-14)23-8-5-16-17(21-13-20-16)19(23)6-9-22(10-7-19)12-15-2-1-11-25-15/h1-2,11,13-14H,3-10,12H2,(H,20,21). The third-order valence-corrected chi connectivity index (χ3v) is 6.96. The van der Waals surface area contributed by atoms with E-state index in [0.717, 1.165) is 64.0 Å². The van der Waals surface area contributed by atoms with Crippen LogP contribution in [0.2, 0.25) is 0 Å². The van der Waals surface area contributed by atoms with Crippen LogP contribution in [-0.2, 0) is 23.3 Å². The Balaban J connectivity index is 1.40. The first kappa shape index (κ1) is 15.6. The first-order valence-electron chi connectivity index (χ1n) is 9.35. The molecule has 3 aliphatic rings. The summed E-state index contributed by atoms with van der Waals surface area (Å²) in [4.78, 5) is 27.1. The molecule has 1 saturated heterocycles. The zero-order valence-corrected chi connectivity index (χ0v) is 15.2. The van der Waals surface area contributed by atoms with Crippen molar-refractivity contribution in [2.45, 2.75) is 44.2 Å². The smallest absolute Gasteiger partial charge is 0.226 e. The molecule has 1 aliphatic carbocycles. The van der Waals surface area contributed by atoms with Gasteiger partial charge in [0, 0.05) is 49.1 Å². The van der Waals surface area contributed by atoms with Gasteiger partial charge in [-0.1, -0.05) is 6.07 Å². The lowest BCUT2D eigenvalue weighted by Gasteiger charge is -2.50. The molecule has 25 heavy (non-hydrogen) atoms. The molecule has 1 saturated carbocycles. The molecule has 2 fully saturated rings. The quantitative estimate of drug-likeness (QED) is 0.920. The van der Waals surface area contributed by atoms with Crippen molar-refractivity contribution in [2.24, 2.45) is 5.92 Å². The van der Waals surface area contributed by atoms with Crippen LogP contribution in [-0.4, -0.2) is 45.3 Å². The third kappa shape index (κ3) is 2.62. The van der Waals surface area contributed by atoms with Gasteiger partial charge in [-0.25, -0.2) is 4.98 Å². The molecule has 0 aromatic carbocycles. The van der Waals surface area contributed by atoms with Gasteiger partial charge in [0.2, 0.25) is 5.91 Å². The van der Waals surface area contributed by atoms with Gasteiger partial charge in [-0.05, 0) is 37.1 Å². The Labute approximate surface area is 152 Å². The Morgan fingerprint density at radius 2 is 2.16 bits per heavy atom. The zero-order valence-electron chi connectivity index (χ0n) is 14.4. The number of rotatable bonds is 3. The summed E-state index contributed by atoms with van der Waals surface area (Å²) in [5.41, 5.74) is 2.20. The number of carbonyl (C=O) groups excluding carboxylic acids is 1. The number of aromatic amines is 1. The Hall–Kier alpha value is -1.66. The van der Waals surface area contributed by atoms with Gasteiger partial charge >= 0.3 is 0 Å². The molecular formula is C19H24N4OS. The Kier molecular flexibility index (Phi) is 3.71. The molecule has 0 radical (unpaired) electrons. The van der Waals surface area contributed by atoms with Gasteiger partial charge < -0.3 is 9.88 Å². The predicted octanol–water partition coefficient (Wildman–Crippen LogP) is 2.76. The number of hydrogen-bond donors (Lipinski definition) is 1. The highest BCUT2D eigenvalue weighted by molar-refractivity contribution is 7.09. The fraction of sp³-hybridized carbons (Fsp3) is 0.579. The maximum atomic E-state index is 13.0. The molecule has 0 unspecified atom stereocenters. The molecule has 1 spiro atoms. The summed E-state index contributed by atoms with van der Waals surface area (Å²) in [6, 6.07) is 4.34. The number of H-pyrrole nitrogens is 1. The first-order chi connectivity index (χ1) is 12.3. The van der Waals surface area contributed by atoms with Gasteiger partial charge in [-0.3, -0.25) is 9.69 Å². The number of imidazole rings is 1. The van der Waals surface area contributed by atoms with Crippen molar-refractivity contribution in [3.8, 4) is 0 Å².